The minimum Gasteiger partial charge on any atom is -0.350 e. The van der Waals surface area contributed by atoms with Gasteiger partial charge in [-0.25, -0.2) is 0 Å². The highest BCUT2D eigenvalue weighted by atomic mass is 16.2. The zero-order valence-corrected chi connectivity index (χ0v) is 7.61. The summed E-state index contributed by atoms with van der Waals surface area (Å²) in [6.45, 7) is 0. The Hall–Kier alpha value is -1.78. The van der Waals surface area contributed by atoms with Gasteiger partial charge in [-0.2, -0.15) is 5.10 Å². The molecule has 1 amide bonds. The van der Waals surface area contributed by atoms with Crippen molar-refractivity contribution in [2.24, 2.45) is 10.9 Å². The van der Waals surface area contributed by atoms with Gasteiger partial charge in [0.2, 0.25) is 0 Å². The van der Waals surface area contributed by atoms with Gasteiger partial charge in [-0.05, 0) is 12.1 Å². The van der Waals surface area contributed by atoms with Crippen LogP contribution in [-0.2, 0) is 0 Å². The van der Waals surface area contributed by atoms with Crippen LogP contribution in [0.1, 0.15) is 16.2 Å². The molecule has 0 bridgehead atoms. The fourth-order valence-corrected chi connectivity index (χ4v) is 0.933. The molecule has 0 saturated heterocycles. The van der Waals surface area contributed by atoms with E-state index >= 15 is 0 Å². The molecule has 0 aromatic carbocycles. The van der Waals surface area contributed by atoms with E-state index in [-0.39, 0.29) is 5.91 Å². The van der Waals surface area contributed by atoms with E-state index in [1.54, 1.807) is 26.2 Å². The van der Waals surface area contributed by atoms with Gasteiger partial charge in [0.15, 0.2) is 0 Å². The van der Waals surface area contributed by atoms with Crippen LogP contribution in [0.3, 0.4) is 0 Å². The van der Waals surface area contributed by atoms with Crippen molar-refractivity contribution in [1.82, 2.24) is 9.88 Å². The zero-order chi connectivity index (χ0) is 9.84. The van der Waals surface area contributed by atoms with Crippen LogP contribution in [0, 0.1) is 0 Å². The maximum absolute atomic E-state index is 11.4. The number of carbonyl (C=O) groups is 1. The van der Waals surface area contributed by atoms with Crippen LogP contribution in [0.25, 0.3) is 0 Å². The van der Waals surface area contributed by atoms with Gasteiger partial charge in [0.1, 0.15) is 5.69 Å². The summed E-state index contributed by atoms with van der Waals surface area (Å²) < 4.78 is 0. The molecule has 5 nitrogen and oxygen atoms in total. The second kappa shape index (κ2) is 3.75. The van der Waals surface area contributed by atoms with Gasteiger partial charge in [-0.1, -0.05) is 0 Å². The second-order valence-electron chi connectivity index (χ2n) is 2.81. The molecule has 0 aliphatic carbocycles. The quantitative estimate of drug-likeness (QED) is 0.382. The number of nitrogens with zero attached hydrogens (tertiary/aromatic N) is 2. The Morgan fingerprint density at radius 2 is 2.31 bits per heavy atom. The molecule has 1 aromatic heterocycles. The molecule has 70 valence electrons. The fraction of sp³-hybridized carbons (Fsp3) is 0.250. The summed E-state index contributed by atoms with van der Waals surface area (Å²) in [6, 6.07) is 3.44. The van der Waals surface area contributed by atoms with E-state index in [2.05, 4.69) is 10.1 Å². The smallest absolute Gasteiger partial charge is 0.269 e. The molecule has 1 rings (SSSR count). The van der Waals surface area contributed by atoms with E-state index in [1.807, 2.05) is 0 Å². The maximum atomic E-state index is 11.4. The summed E-state index contributed by atoms with van der Waals surface area (Å²) in [5.41, 5.74) is 1.24. The number of H-pyrrole nitrogens is 1. The Kier molecular flexibility index (Phi) is 2.69. The summed E-state index contributed by atoms with van der Waals surface area (Å²) in [5, 5.41) is 3.34. The lowest BCUT2D eigenvalue weighted by atomic mass is 10.4. The normalized spacial score (nSPS) is 10.6. The van der Waals surface area contributed by atoms with Crippen LogP contribution in [0.2, 0.25) is 0 Å². The Labute approximate surface area is 76.2 Å². The first-order valence-corrected chi connectivity index (χ1v) is 3.79. The minimum absolute atomic E-state index is 0.0725. The molecule has 0 aliphatic heterocycles. The number of aromatic nitrogens is 1. The average Bonchev–Trinajstić information content (AvgIpc) is 2.52. The molecule has 0 atom stereocenters. The lowest BCUT2D eigenvalue weighted by Gasteiger charge is -2.07. The van der Waals surface area contributed by atoms with E-state index in [9.17, 15) is 4.79 Å². The minimum atomic E-state index is -0.0725. The van der Waals surface area contributed by atoms with Crippen molar-refractivity contribution >= 4 is 12.1 Å². The number of hydrogen-bond acceptors (Lipinski definition) is 3. The summed E-state index contributed by atoms with van der Waals surface area (Å²) in [7, 11) is 3.39. The predicted octanol–water partition coefficient (Wildman–Crippen LogP) is 0.00910. The van der Waals surface area contributed by atoms with Gasteiger partial charge >= 0.3 is 0 Å². The molecule has 0 aliphatic rings. The number of hydrogen-bond donors (Lipinski definition) is 2. The monoisotopic (exact) mass is 180 g/mol. The van der Waals surface area contributed by atoms with Crippen molar-refractivity contribution in [3.8, 4) is 0 Å². The van der Waals surface area contributed by atoms with Crippen LogP contribution < -0.4 is 5.84 Å². The lowest BCUT2D eigenvalue weighted by Crippen LogP contribution is -2.21. The van der Waals surface area contributed by atoms with Crippen molar-refractivity contribution < 1.29 is 4.79 Å². The molecule has 1 heterocycles. The topological polar surface area (TPSA) is 74.5 Å². The summed E-state index contributed by atoms with van der Waals surface area (Å²) >= 11 is 0. The third-order valence-electron chi connectivity index (χ3n) is 1.56. The molecule has 1 aromatic rings. The number of nitrogens with two attached hydrogens (primary N) is 1. The molecular weight excluding hydrogens is 168 g/mol. The molecule has 0 fully saturated rings. The van der Waals surface area contributed by atoms with Crippen LogP contribution in [0.4, 0.5) is 0 Å². The van der Waals surface area contributed by atoms with Crippen LogP contribution >= 0.6 is 0 Å². The van der Waals surface area contributed by atoms with Crippen molar-refractivity contribution in [3.63, 3.8) is 0 Å². The van der Waals surface area contributed by atoms with E-state index in [0.29, 0.717) is 11.4 Å². The third kappa shape index (κ3) is 2.08. The van der Waals surface area contributed by atoms with Gasteiger partial charge in [0.05, 0.1) is 11.9 Å². The van der Waals surface area contributed by atoms with E-state index < -0.39 is 0 Å². The SMILES string of the molecule is CN(C)C(=O)c1ccc(/C=N/N)[nH]1. The Morgan fingerprint density at radius 3 is 2.85 bits per heavy atom. The number of nitrogens with one attached hydrogen (secondary N) is 1. The average molecular weight is 180 g/mol. The first-order chi connectivity index (χ1) is 6.15. The molecular formula is C8H12N4O. The first kappa shape index (κ1) is 9.31. The van der Waals surface area contributed by atoms with Gasteiger partial charge in [-0.3, -0.25) is 4.79 Å². The first-order valence-electron chi connectivity index (χ1n) is 3.79. The second-order valence-corrected chi connectivity index (χ2v) is 2.81. The highest BCUT2D eigenvalue weighted by Gasteiger charge is 2.08. The maximum Gasteiger partial charge on any atom is 0.269 e. The highest BCUT2D eigenvalue weighted by Crippen LogP contribution is 2.01. The fourth-order valence-electron chi connectivity index (χ4n) is 0.933. The third-order valence-corrected chi connectivity index (χ3v) is 1.56. The van der Waals surface area contributed by atoms with Crippen LogP contribution in [-0.4, -0.2) is 36.1 Å². The van der Waals surface area contributed by atoms with Gasteiger partial charge < -0.3 is 15.7 Å². The number of carbonyl (C=O) groups excluding carboxylic acids is 1. The molecule has 5 heteroatoms. The van der Waals surface area contributed by atoms with Gasteiger partial charge in [0.25, 0.3) is 5.91 Å². The van der Waals surface area contributed by atoms with Crippen molar-refractivity contribution in [2.75, 3.05) is 14.1 Å². The Bertz CT molecular complexity index is 327. The van der Waals surface area contributed by atoms with Crippen molar-refractivity contribution in [2.45, 2.75) is 0 Å². The molecule has 0 saturated carbocycles. The Balaban J connectivity index is 2.85. The van der Waals surface area contributed by atoms with Gasteiger partial charge in [0, 0.05) is 14.1 Å². The largest absolute Gasteiger partial charge is 0.350 e. The van der Waals surface area contributed by atoms with Crippen LogP contribution in [0.5, 0.6) is 0 Å². The molecule has 13 heavy (non-hydrogen) atoms. The molecule has 0 radical (unpaired) electrons. The predicted molar refractivity (Wildman–Crippen MR) is 50.6 cm³/mol. The van der Waals surface area contributed by atoms with E-state index in [4.69, 9.17) is 5.84 Å². The summed E-state index contributed by atoms with van der Waals surface area (Å²) in [5.74, 6) is 4.89. The lowest BCUT2D eigenvalue weighted by molar-refractivity contribution is 0.0822. The van der Waals surface area contributed by atoms with Gasteiger partial charge in [-0.15, -0.1) is 0 Å². The number of rotatable bonds is 2. The molecule has 3 N–H and O–H groups in total. The number of aromatic amines is 1. The standard InChI is InChI=1S/C8H12N4O/c1-12(2)8(13)7-4-3-6(11-7)5-10-9/h3-5,11H,9H2,1-2H3/b10-5+. The number of hydrazone groups is 1. The molecule has 0 spiro atoms. The van der Waals surface area contributed by atoms with Crippen LogP contribution in [0.15, 0.2) is 17.2 Å². The molecule has 0 unspecified atom stereocenters. The number of amides is 1. The summed E-state index contributed by atoms with van der Waals surface area (Å²) in [6.07, 6.45) is 1.45. The van der Waals surface area contributed by atoms with Crippen molar-refractivity contribution in [1.29, 1.82) is 0 Å². The summed E-state index contributed by atoms with van der Waals surface area (Å²) in [4.78, 5) is 15.8. The van der Waals surface area contributed by atoms with Crippen molar-refractivity contribution in [3.05, 3.63) is 23.5 Å². The zero-order valence-electron chi connectivity index (χ0n) is 7.61. The van der Waals surface area contributed by atoms with E-state index in [0.717, 1.165) is 0 Å². The van der Waals surface area contributed by atoms with E-state index in [1.165, 1.54) is 11.1 Å². The highest BCUT2D eigenvalue weighted by molar-refractivity contribution is 5.93. The Morgan fingerprint density at radius 1 is 1.62 bits per heavy atom.